The number of thiazole rings is 1. The summed E-state index contributed by atoms with van der Waals surface area (Å²) in [7, 11) is 0. The monoisotopic (exact) mass is 388 g/mol. The van der Waals surface area contributed by atoms with Gasteiger partial charge in [0.2, 0.25) is 0 Å². The molecule has 2 N–H and O–H groups in total. The smallest absolute Gasteiger partial charge is 0.257 e. The average molecular weight is 388 g/mol. The molecule has 100 valence electrons. The number of phenols is 1. The maximum absolute atomic E-state index is 12.0. The van der Waals surface area contributed by atoms with Crippen LogP contribution < -0.4 is 5.32 Å². The summed E-state index contributed by atoms with van der Waals surface area (Å²) in [5.41, 5.74) is 1.43. The van der Waals surface area contributed by atoms with E-state index >= 15 is 0 Å². The van der Waals surface area contributed by atoms with Gasteiger partial charge in [0.25, 0.3) is 5.91 Å². The van der Waals surface area contributed by atoms with Crippen molar-refractivity contribution in [2.75, 3.05) is 5.32 Å². The van der Waals surface area contributed by atoms with E-state index in [4.69, 9.17) is 0 Å². The number of aromatic hydroxyl groups is 1. The van der Waals surface area contributed by atoms with Crippen LogP contribution >= 0.6 is 33.9 Å². The van der Waals surface area contributed by atoms with E-state index in [2.05, 4.69) is 10.3 Å². The van der Waals surface area contributed by atoms with Crippen LogP contribution in [-0.4, -0.2) is 16.0 Å². The number of nitrogens with zero attached hydrogens (tertiary/aromatic N) is 1. The fraction of sp³-hybridized carbons (Fsp3) is 0.231. The summed E-state index contributed by atoms with van der Waals surface area (Å²) in [6.45, 7) is 4.02. The van der Waals surface area contributed by atoms with Gasteiger partial charge in [0.15, 0.2) is 5.13 Å². The highest BCUT2D eigenvalue weighted by Crippen LogP contribution is 2.24. The van der Waals surface area contributed by atoms with Crippen molar-refractivity contribution in [3.8, 4) is 5.75 Å². The van der Waals surface area contributed by atoms with Crippen LogP contribution in [0.2, 0.25) is 0 Å². The molecule has 1 heterocycles. The van der Waals surface area contributed by atoms with Crippen molar-refractivity contribution in [3.63, 3.8) is 0 Å². The molecule has 0 saturated carbocycles. The van der Waals surface area contributed by atoms with E-state index in [0.29, 0.717) is 14.3 Å². The van der Waals surface area contributed by atoms with Crippen molar-refractivity contribution in [1.29, 1.82) is 0 Å². The zero-order chi connectivity index (χ0) is 14.0. The molecule has 0 atom stereocenters. The zero-order valence-corrected chi connectivity index (χ0v) is 13.5. The van der Waals surface area contributed by atoms with Crippen LogP contribution in [0.5, 0.6) is 5.75 Å². The van der Waals surface area contributed by atoms with Crippen LogP contribution in [-0.2, 0) is 6.42 Å². The van der Waals surface area contributed by atoms with Crippen molar-refractivity contribution in [3.05, 3.63) is 37.9 Å². The van der Waals surface area contributed by atoms with E-state index in [9.17, 15) is 9.90 Å². The van der Waals surface area contributed by atoms with Crippen molar-refractivity contribution in [2.45, 2.75) is 20.3 Å². The average Bonchev–Trinajstić information content (AvgIpc) is 2.72. The second kappa shape index (κ2) is 5.87. The van der Waals surface area contributed by atoms with E-state index in [1.807, 2.05) is 36.4 Å². The lowest BCUT2D eigenvalue weighted by atomic mass is 10.2. The molecule has 2 aromatic rings. The van der Waals surface area contributed by atoms with Gasteiger partial charge >= 0.3 is 0 Å². The van der Waals surface area contributed by atoms with E-state index in [-0.39, 0.29) is 11.7 Å². The first-order valence-corrected chi connectivity index (χ1v) is 7.67. The third-order valence-electron chi connectivity index (χ3n) is 2.66. The molecule has 0 saturated heterocycles. The molecule has 0 radical (unpaired) electrons. The second-order valence-electron chi connectivity index (χ2n) is 4.00. The number of halogens is 1. The Hall–Kier alpha value is -1.15. The summed E-state index contributed by atoms with van der Waals surface area (Å²) >= 11 is 3.47. The molecule has 0 unspecified atom stereocenters. The topological polar surface area (TPSA) is 62.2 Å². The summed E-state index contributed by atoms with van der Waals surface area (Å²) in [6, 6.07) is 4.84. The number of carbonyl (C=O) groups is 1. The van der Waals surface area contributed by atoms with Gasteiger partial charge in [-0.3, -0.25) is 10.1 Å². The Morgan fingerprint density at radius 3 is 2.84 bits per heavy atom. The largest absolute Gasteiger partial charge is 0.507 e. The highest BCUT2D eigenvalue weighted by molar-refractivity contribution is 14.1. The third kappa shape index (κ3) is 3.24. The number of hydrogen-bond donors (Lipinski definition) is 2. The molecule has 0 bridgehead atoms. The SMILES string of the molecule is CCc1nc(NC(=O)c2ccc(I)c(O)c2)sc1C. The standard InChI is InChI=1S/C13H13IN2O2S/c1-3-10-7(2)19-13(15-10)16-12(18)8-4-5-9(14)11(17)6-8/h4-6,17H,3H2,1-2H3,(H,15,16,18). The lowest BCUT2D eigenvalue weighted by molar-refractivity contribution is 0.102. The molecule has 6 heteroatoms. The molecular formula is C13H13IN2O2S. The van der Waals surface area contributed by atoms with E-state index in [1.165, 1.54) is 17.4 Å². The molecule has 19 heavy (non-hydrogen) atoms. The van der Waals surface area contributed by atoms with Gasteiger partial charge in [0, 0.05) is 10.4 Å². The normalized spacial score (nSPS) is 10.5. The Morgan fingerprint density at radius 2 is 2.26 bits per heavy atom. The lowest BCUT2D eigenvalue weighted by Crippen LogP contribution is -2.11. The number of amides is 1. The van der Waals surface area contributed by atoms with Gasteiger partial charge in [-0.15, -0.1) is 11.3 Å². The first kappa shape index (κ1) is 14.3. The number of phenolic OH excluding ortho intramolecular Hbond substituents is 1. The van der Waals surface area contributed by atoms with Crippen molar-refractivity contribution in [1.82, 2.24) is 4.98 Å². The zero-order valence-electron chi connectivity index (χ0n) is 10.5. The predicted octanol–water partition coefficient (Wildman–Crippen LogP) is 3.58. The van der Waals surface area contributed by atoms with Gasteiger partial charge in [-0.1, -0.05) is 6.92 Å². The molecule has 0 aliphatic carbocycles. The van der Waals surface area contributed by atoms with Gasteiger partial charge in [-0.05, 0) is 54.1 Å². The van der Waals surface area contributed by atoms with Crippen LogP contribution in [0.15, 0.2) is 18.2 Å². The number of benzene rings is 1. The van der Waals surface area contributed by atoms with E-state index in [1.54, 1.807) is 12.1 Å². The third-order valence-corrected chi connectivity index (χ3v) is 4.50. The van der Waals surface area contributed by atoms with Crippen LogP contribution in [0, 0.1) is 10.5 Å². The Morgan fingerprint density at radius 1 is 1.53 bits per heavy atom. The summed E-state index contributed by atoms with van der Waals surface area (Å²) in [6.07, 6.45) is 0.850. The van der Waals surface area contributed by atoms with Gasteiger partial charge in [-0.25, -0.2) is 4.98 Å². The van der Waals surface area contributed by atoms with Crippen LogP contribution in [0.1, 0.15) is 27.9 Å². The molecule has 4 nitrogen and oxygen atoms in total. The minimum atomic E-state index is -0.261. The van der Waals surface area contributed by atoms with E-state index < -0.39 is 0 Å². The molecule has 1 amide bonds. The fourth-order valence-electron chi connectivity index (χ4n) is 1.63. The summed E-state index contributed by atoms with van der Waals surface area (Å²) < 4.78 is 0.715. The molecule has 1 aromatic carbocycles. The Kier molecular flexibility index (Phi) is 4.41. The van der Waals surface area contributed by atoms with Gasteiger partial charge in [0.05, 0.1) is 9.26 Å². The summed E-state index contributed by atoms with van der Waals surface area (Å²) in [5, 5.41) is 13.0. The van der Waals surface area contributed by atoms with Gasteiger partial charge < -0.3 is 5.11 Å². The molecule has 2 rings (SSSR count). The van der Waals surface area contributed by atoms with Crippen LogP contribution in [0.4, 0.5) is 5.13 Å². The number of nitrogens with one attached hydrogen (secondary N) is 1. The van der Waals surface area contributed by atoms with Crippen LogP contribution in [0.25, 0.3) is 0 Å². The first-order chi connectivity index (χ1) is 9.01. The van der Waals surface area contributed by atoms with Crippen molar-refractivity contribution < 1.29 is 9.90 Å². The van der Waals surface area contributed by atoms with Crippen molar-refractivity contribution in [2.24, 2.45) is 0 Å². The van der Waals surface area contributed by atoms with Gasteiger partial charge in [-0.2, -0.15) is 0 Å². The maximum atomic E-state index is 12.0. The summed E-state index contributed by atoms with van der Waals surface area (Å²) in [5.74, 6) is -0.152. The lowest BCUT2D eigenvalue weighted by Gasteiger charge is -2.03. The molecule has 1 aromatic heterocycles. The highest BCUT2D eigenvalue weighted by atomic mass is 127. The minimum Gasteiger partial charge on any atom is -0.507 e. The number of carbonyl (C=O) groups excluding carboxylic acids is 1. The predicted molar refractivity (Wildman–Crippen MR) is 85.0 cm³/mol. The van der Waals surface area contributed by atoms with Crippen molar-refractivity contribution >= 4 is 45.0 Å². The number of anilines is 1. The Balaban J connectivity index is 2.18. The highest BCUT2D eigenvalue weighted by Gasteiger charge is 2.12. The summed E-state index contributed by atoms with van der Waals surface area (Å²) in [4.78, 5) is 17.5. The number of aryl methyl sites for hydroxylation is 2. The molecule has 0 spiro atoms. The molecule has 0 aliphatic heterocycles. The Bertz CT molecular complexity index is 625. The minimum absolute atomic E-state index is 0.109. The quantitative estimate of drug-likeness (QED) is 0.791. The number of aromatic nitrogens is 1. The Labute approximate surface area is 129 Å². The van der Waals surface area contributed by atoms with Crippen LogP contribution in [0.3, 0.4) is 0 Å². The molecule has 0 fully saturated rings. The number of rotatable bonds is 3. The maximum Gasteiger partial charge on any atom is 0.257 e. The first-order valence-electron chi connectivity index (χ1n) is 5.77. The molecule has 0 aliphatic rings. The second-order valence-corrected chi connectivity index (χ2v) is 6.36. The van der Waals surface area contributed by atoms with E-state index in [0.717, 1.165) is 17.0 Å². The molecular weight excluding hydrogens is 375 g/mol. The number of hydrogen-bond acceptors (Lipinski definition) is 4. The van der Waals surface area contributed by atoms with Gasteiger partial charge in [0.1, 0.15) is 5.75 Å². The fourth-order valence-corrected chi connectivity index (χ4v) is 2.87.